The molecule has 29 heavy (non-hydrogen) atoms. The Balaban J connectivity index is 1.48. The third-order valence-electron chi connectivity index (χ3n) is 3.73. The van der Waals surface area contributed by atoms with Gasteiger partial charge in [0.05, 0.1) is 19.3 Å². The van der Waals surface area contributed by atoms with Crippen LogP contribution in [0.3, 0.4) is 0 Å². The van der Waals surface area contributed by atoms with E-state index in [1.807, 2.05) is 43.3 Å². The van der Waals surface area contributed by atoms with Crippen LogP contribution in [0.4, 0.5) is 9.93 Å². The molecule has 2 aromatic heterocycles. The van der Waals surface area contributed by atoms with Gasteiger partial charge < -0.3 is 14.8 Å². The molecule has 0 radical (unpaired) electrons. The Kier molecular flexibility index (Phi) is 7.03. The van der Waals surface area contributed by atoms with E-state index in [2.05, 4.69) is 32.4 Å². The zero-order chi connectivity index (χ0) is 20.5. The first-order chi connectivity index (χ1) is 14.2. The van der Waals surface area contributed by atoms with E-state index in [0.29, 0.717) is 29.8 Å². The highest BCUT2D eigenvalue weighted by Gasteiger charge is 2.09. The second-order valence-electron chi connectivity index (χ2n) is 5.80. The number of amides is 2. The number of aromatic nitrogens is 2. The zero-order valence-corrected chi connectivity index (χ0v) is 16.9. The van der Waals surface area contributed by atoms with Gasteiger partial charge in [0, 0.05) is 18.0 Å². The molecule has 3 rings (SSSR count). The highest BCUT2D eigenvalue weighted by Crippen LogP contribution is 2.25. The zero-order valence-electron chi connectivity index (χ0n) is 16.1. The molecule has 1 aromatic carbocycles. The first-order valence-electron chi connectivity index (χ1n) is 8.86. The van der Waals surface area contributed by atoms with E-state index in [-0.39, 0.29) is 6.03 Å². The lowest BCUT2D eigenvalue weighted by Crippen LogP contribution is -2.32. The van der Waals surface area contributed by atoms with Crippen molar-refractivity contribution in [2.75, 3.05) is 25.6 Å². The summed E-state index contributed by atoms with van der Waals surface area (Å²) in [5.41, 5.74) is 1.64. The maximum absolute atomic E-state index is 12.1. The van der Waals surface area contributed by atoms with E-state index < -0.39 is 0 Å². The van der Waals surface area contributed by atoms with Crippen molar-refractivity contribution in [3.63, 3.8) is 0 Å². The van der Waals surface area contributed by atoms with Gasteiger partial charge in [-0.1, -0.05) is 29.4 Å². The van der Waals surface area contributed by atoms with E-state index in [1.54, 1.807) is 19.5 Å². The summed E-state index contributed by atoms with van der Waals surface area (Å²) in [7, 11) is 1.58. The lowest BCUT2D eigenvalue weighted by atomic mass is 10.2. The lowest BCUT2D eigenvalue weighted by Gasteiger charge is -2.10. The van der Waals surface area contributed by atoms with Crippen molar-refractivity contribution < 1.29 is 14.3 Å². The predicted octanol–water partition coefficient (Wildman–Crippen LogP) is 3.46. The van der Waals surface area contributed by atoms with Gasteiger partial charge in [0.2, 0.25) is 0 Å². The number of aryl methyl sites for hydroxylation is 1. The van der Waals surface area contributed by atoms with Crippen molar-refractivity contribution in [1.82, 2.24) is 15.3 Å². The molecule has 0 unspecified atom stereocenters. The van der Waals surface area contributed by atoms with E-state index >= 15 is 0 Å². The summed E-state index contributed by atoms with van der Waals surface area (Å²) >= 11 is 1.33. The number of benzene rings is 1. The van der Waals surface area contributed by atoms with Crippen molar-refractivity contribution in [2.24, 2.45) is 0 Å². The predicted molar refractivity (Wildman–Crippen MR) is 113 cm³/mol. The quantitative estimate of drug-likeness (QED) is 0.482. The van der Waals surface area contributed by atoms with Gasteiger partial charge >= 0.3 is 6.03 Å². The molecule has 0 saturated heterocycles. The van der Waals surface area contributed by atoms with Gasteiger partial charge in [-0.3, -0.25) is 10.3 Å². The Hall–Kier alpha value is -3.57. The summed E-state index contributed by atoms with van der Waals surface area (Å²) in [5.74, 6) is 7.42. The standard InChI is InChI=1S/C21H20N4O3S/c1-15-19(8-7-16-9-11-22-12-10-16)29-21(24-15)25-20(26)23-13-14-28-18-6-4-3-5-17(18)27-2/h3-6,9-12H,13-14H2,1-2H3,(H2,23,24,25,26). The Morgan fingerprint density at radius 1 is 1.14 bits per heavy atom. The summed E-state index contributed by atoms with van der Waals surface area (Å²) in [6.45, 7) is 2.51. The largest absolute Gasteiger partial charge is 0.493 e. The van der Waals surface area contributed by atoms with Crippen LogP contribution in [0.25, 0.3) is 0 Å². The van der Waals surface area contributed by atoms with Gasteiger partial charge in [-0.2, -0.15) is 0 Å². The van der Waals surface area contributed by atoms with Crippen LogP contribution in [-0.4, -0.2) is 36.3 Å². The van der Waals surface area contributed by atoms with Crippen molar-refractivity contribution >= 4 is 22.5 Å². The molecule has 2 N–H and O–H groups in total. The van der Waals surface area contributed by atoms with Gasteiger partial charge in [-0.15, -0.1) is 0 Å². The van der Waals surface area contributed by atoms with Crippen LogP contribution >= 0.6 is 11.3 Å². The van der Waals surface area contributed by atoms with Crippen LogP contribution in [0.1, 0.15) is 16.1 Å². The number of ether oxygens (including phenoxy) is 2. The second kappa shape index (κ2) is 10.1. The minimum Gasteiger partial charge on any atom is -0.493 e. The number of carbonyl (C=O) groups excluding carboxylic acids is 1. The molecule has 7 nitrogen and oxygen atoms in total. The average Bonchev–Trinajstić information content (AvgIpc) is 3.09. The minimum atomic E-state index is -0.351. The number of anilines is 1. The van der Waals surface area contributed by atoms with Gasteiger partial charge in [0.1, 0.15) is 11.5 Å². The SMILES string of the molecule is COc1ccccc1OCCNC(=O)Nc1nc(C)c(C#Cc2ccncc2)s1. The van der Waals surface area contributed by atoms with Crippen molar-refractivity contribution in [1.29, 1.82) is 0 Å². The van der Waals surface area contributed by atoms with Gasteiger partial charge in [0.15, 0.2) is 16.6 Å². The molecular formula is C21H20N4O3S. The van der Waals surface area contributed by atoms with Crippen LogP contribution in [0.15, 0.2) is 48.8 Å². The van der Waals surface area contributed by atoms with E-state index in [4.69, 9.17) is 9.47 Å². The molecule has 0 spiro atoms. The Bertz CT molecular complexity index is 1030. The number of hydrogen-bond donors (Lipinski definition) is 2. The fourth-order valence-corrected chi connectivity index (χ4v) is 3.15. The smallest absolute Gasteiger partial charge is 0.321 e. The lowest BCUT2D eigenvalue weighted by molar-refractivity contribution is 0.246. The molecule has 3 aromatic rings. The number of urea groups is 1. The minimum absolute atomic E-state index is 0.313. The molecule has 0 aliphatic heterocycles. The summed E-state index contributed by atoms with van der Waals surface area (Å²) < 4.78 is 10.8. The van der Waals surface area contributed by atoms with Crippen LogP contribution < -0.4 is 20.1 Å². The molecular weight excluding hydrogens is 388 g/mol. The van der Waals surface area contributed by atoms with E-state index in [9.17, 15) is 4.79 Å². The number of pyridine rings is 1. The number of nitrogens with zero attached hydrogens (tertiary/aromatic N) is 2. The number of nitrogens with one attached hydrogen (secondary N) is 2. The van der Waals surface area contributed by atoms with Gasteiger partial charge in [0.25, 0.3) is 0 Å². The third-order valence-corrected chi connectivity index (χ3v) is 4.72. The highest BCUT2D eigenvalue weighted by atomic mass is 32.1. The van der Waals surface area contributed by atoms with Crippen molar-refractivity contribution in [2.45, 2.75) is 6.92 Å². The maximum atomic E-state index is 12.1. The molecule has 0 atom stereocenters. The first kappa shape index (κ1) is 20.2. The highest BCUT2D eigenvalue weighted by molar-refractivity contribution is 7.16. The Morgan fingerprint density at radius 3 is 2.66 bits per heavy atom. The molecule has 0 bridgehead atoms. The normalized spacial score (nSPS) is 9.86. The average molecular weight is 408 g/mol. The number of methoxy groups -OCH3 is 1. The van der Waals surface area contributed by atoms with E-state index in [0.717, 1.165) is 16.1 Å². The molecule has 8 heteroatoms. The Labute approximate surface area is 173 Å². The van der Waals surface area contributed by atoms with Crippen molar-refractivity contribution in [3.05, 3.63) is 64.9 Å². The summed E-state index contributed by atoms with van der Waals surface area (Å²) in [6, 6.07) is 10.7. The molecule has 2 heterocycles. The number of thiazole rings is 1. The molecule has 0 aliphatic carbocycles. The fourth-order valence-electron chi connectivity index (χ4n) is 2.33. The molecule has 0 aliphatic rings. The topological polar surface area (TPSA) is 85.4 Å². The summed E-state index contributed by atoms with van der Waals surface area (Å²) in [5, 5.41) is 5.95. The molecule has 0 saturated carbocycles. The van der Waals surface area contributed by atoms with Crippen LogP contribution in [0, 0.1) is 18.8 Å². The van der Waals surface area contributed by atoms with Crippen LogP contribution in [0.5, 0.6) is 11.5 Å². The molecule has 2 amide bonds. The van der Waals surface area contributed by atoms with Gasteiger partial charge in [-0.05, 0) is 37.1 Å². The number of para-hydroxylation sites is 2. The van der Waals surface area contributed by atoms with Crippen molar-refractivity contribution in [3.8, 4) is 23.3 Å². The summed E-state index contributed by atoms with van der Waals surface area (Å²) in [4.78, 5) is 21.2. The van der Waals surface area contributed by atoms with Gasteiger partial charge in [-0.25, -0.2) is 9.78 Å². The van der Waals surface area contributed by atoms with E-state index in [1.165, 1.54) is 11.3 Å². The second-order valence-corrected chi connectivity index (χ2v) is 6.80. The monoisotopic (exact) mass is 408 g/mol. The summed E-state index contributed by atoms with van der Waals surface area (Å²) in [6.07, 6.45) is 3.39. The third kappa shape index (κ3) is 5.96. The Morgan fingerprint density at radius 2 is 1.90 bits per heavy atom. The first-order valence-corrected chi connectivity index (χ1v) is 9.67. The molecule has 0 fully saturated rings. The van der Waals surface area contributed by atoms with Crippen LogP contribution in [-0.2, 0) is 0 Å². The number of carbonyl (C=O) groups is 1. The number of rotatable bonds is 6. The van der Waals surface area contributed by atoms with Crippen LogP contribution in [0.2, 0.25) is 0 Å². The maximum Gasteiger partial charge on any atom is 0.321 e. The number of hydrogen-bond acceptors (Lipinski definition) is 6. The fraction of sp³-hybridized carbons (Fsp3) is 0.190. The molecule has 148 valence electrons.